The fourth-order valence-corrected chi connectivity index (χ4v) is 4.91. The second-order valence-electron chi connectivity index (χ2n) is 9.22. The third-order valence-corrected chi connectivity index (χ3v) is 6.44. The molecule has 6 heteroatoms. The van der Waals surface area contributed by atoms with Crippen LogP contribution in [0, 0.1) is 0 Å². The van der Waals surface area contributed by atoms with Gasteiger partial charge in [-0.05, 0) is 30.5 Å². The number of fused-ring (bicyclic) bond motifs is 1. The van der Waals surface area contributed by atoms with Crippen LogP contribution in [0.4, 0.5) is 0 Å². The summed E-state index contributed by atoms with van der Waals surface area (Å²) >= 11 is 0. The van der Waals surface area contributed by atoms with Crippen LogP contribution in [-0.4, -0.2) is 53.3 Å². The average Bonchev–Trinajstić information content (AvgIpc) is 3.33. The van der Waals surface area contributed by atoms with Crippen LogP contribution in [0.3, 0.4) is 0 Å². The molecule has 0 radical (unpaired) electrons. The van der Waals surface area contributed by atoms with E-state index in [1.165, 1.54) is 0 Å². The molecule has 0 saturated carbocycles. The maximum absolute atomic E-state index is 11.1. The van der Waals surface area contributed by atoms with E-state index in [4.69, 9.17) is 18.9 Å². The monoisotopic (exact) mass is 462 g/mol. The molecule has 0 aromatic heterocycles. The Morgan fingerprint density at radius 2 is 1.29 bits per heavy atom. The van der Waals surface area contributed by atoms with Gasteiger partial charge in [0.05, 0.1) is 6.61 Å². The topological polar surface area (TPSA) is 77.4 Å². The summed E-state index contributed by atoms with van der Waals surface area (Å²) in [5.74, 6) is -0.841. The number of aliphatic hydroxyl groups is 2. The predicted molar refractivity (Wildman–Crippen MR) is 126 cm³/mol. The minimum Gasteiger partial charge on any atom is -0.388 e. The molecule has 0 unspecified atom stereocenters. The molecule has 34 heavy (non-hydrogen) atoms. The minimum absolute atomic E-state index is 0.0801. The van der Waals surface area contributed by atoms with Gasteiger partial charge in [0.1, 0.15) is 30.0 Å². The maximum atomic E-state index is 11.1. The molecular formula is C28H30O6. The van der Waals surface area contributed by atoms with Crippen molar-refractivity contribution in [3.8, 4) is 0 Å². The molecule has 0 spiro atoms. The zero-order valence-corrected chi connectivity index (χ0v) is 19.3. The van der Waals surface area contributed by atoms with Gasteiger partial charge in [0.2, 0.25) is 0 Å². The lowest BCUT2D eigenvalue weighted by Gasteiger charge is -2.37. The summed E-state index contributed by atoms with van der Waals surface area (Å²) in [6.07, 6.45) is -4.42. The van der Waals surface area contributed by atoms with Gasteiger partial charge in [0.25, 0.3) is 0 Å². The molecule has 2 N–H and O–H groups in total. The van der Waals surface area contributed by atoms with E-state index in [1.54, 1.807) is 13.8 Å². The molecule has 5 rings (SSSR count). The molecule has 5 atom stereocenters. The Bertz CT molecular complexity index is 975. The summed E-state index contributed by atoms with van der Waals surface area (Å²) in [5, 5.41) is 21.9. The standard InChI is InChI=1S/C28H30O6/c1-27(2)33-25-23(30)24(32-26(25)34-27)22(29)18-31-28(19-12-6-3-7-13-19,20-14-8-4-9-15-20)21-16-10-5-11-17-21/h3-17,22-26,29-30H,18H2,1-2H3/t22-,23-,24-,25+,26+/m1/s1. The third kappa shape index (κ3) is 4.18. The molecule has 2 aliphatic rings. The SMILES string of the molecule is CC1(C)O[C@@H]2O[C@H]([C@H](O)COC(c3ccccc3)(c3ccccc3)c3ccccc3)[C@@H](O)[C@@H]2O1. The lowest BCUT2D eigenvalue weighted by molar-refractivity contribution is -0.230. The van der Waals surface area contributed by atoms with Crippen molar-refractivity contribution in [2.75, 3.05) is 6.61 Å². The largest absolute Gasteiger partial charge is 0.388 e. The lowest BCUT2D eigenvalue weighted by Crippen LogP contribution is -2.45. The van der Waals surface area contributed by atoms with Crippen LogP contribution >= 0.6 is 0 Å². The van der Waals surface area contributed by atoms with Crippen LogP contribution < -0.4 is 0 Å². The van der Waals surface area contributed by atoms with Crippen molar-refractivity contribution in [3.63, 3.8) is 0 Å². The highest BCUT2D eigenvalue weighted by atomic mass is 16.8. The van der Waals surface area contributed by atoms with Gasteiger partial charge >= 0.3 is 0 Å². The number of ether oxygens (including phenoxy) is 4. The Kier molecular flexibility index (Phi) is 6.29. The van der Waals surface area contributed by atoms with Crippen molar-refractivity contribution >= 4 is 0 Å². The highest BCUT2D eigenvalue weighted by molar-refractivity contribution is 5.47. The van der Waals surface area contributed by atoms with Crippen LogP contribution in [0.15, 0.2) is 91.0 Å². The third-order valence-electron chi connectivity index (χ3n) is 6.44. The number of benzene rings is 3. The van der Waals surface area contributed by atoms with E-state index in [1.807, 2.05) is 91.0 Å². The zero-order valence-electron chi connectivity index (χ0n) is 19.3. The molecule has 6 nitrogen and oxygen atoms in total. The summed E-state index contributed by atoms with van der Waals surface area (Å²) in [5.41, 5.74) is 1.81. The van der Waals surface area contributed by atoms with Crippen molar-refractivity contribution in [2.24, 2.45) is 0 Å². The second kappa shape index (κ2) is 9.23. The summed E-state index contributed by atoms with van der Waals surface area (Å²) in [7, 11) is 0. The van der Waals surface area contributed by atoms with Gasteiger partial charge in [-0.1, -0.05) is 91.0 Å². The van der Waals surface area contributed by atoms with Crippen molar-refractivity contribution in [2.45, 2.75) is 55.9 Å². The minimum atomic E-state index is -1.11. The van der Waals surface area contributed by atoms with Gasteiger partial charge in [0, 0.05) is 0 Å². The van der Waals surface area contributed by atoms with Crippen molar-refractivity contribution < 1.29 is 29.2 Å². The van der Waals surface area contributed by atoms with Crippen LogP contribution in [0.25, 0.3) is 0 Å². The Labute approximate surface area is 199 Å². The molecule has 2 saturated heterocycles. The Morgan fingerprint density at radius 1 is 0.824 bits per heavy atom. The molecule has 3 aromatic carbocycles. The number of aliphatic hydroxyl groups excluding tert-OH is 2. The normalized spacial score (nSPS) is 26.8. The van der Waals surface area contributed by atoms with Crippen molar-refractivity contribution in [1.82, 2.24) is 0 Å². The fourth-order valence-electron chi connectivity index (χ4n) is 4.91. The van der Waals surface area contributed by atoms with Gasteiger partial charge in [-0.15, -0.1) is 0 Å². The molecule has 178 valence electrons. The first-order valence-corrected chi connectivity index (χ1v) is 11.6. The molecule has 2 fully saturated rings. The molecule has 2 heterocycles. The molecule has 2 aliphatic heterocycles. The first kappa shape index (κ1) is 23.2. The van der Waals surface area contributed by atoms with Crippen molar-refractivity contribution in [3.05, 3.63) is 108 Å². The first-order chi connectivity index (χ1) is 16.4. The molecule has 0 aliphatic carbocycles. The summed E-state index contributed by atoms with van der Waals surface area (Å²) in [6.45, 7) is 3.46. The Hall–Kier alpha value is -2.58. The summed E-state index contributed by atoms with van der Waals surface area (Å²) in [6, 6.07) is 29.8. The Morgan fingerprint density at radius 3 is 1.74 bits per heavy atom. The fraction of sp³-hybridized carbons (Fsp3) is 0.357. The van der Waals surface area contributed by atoms with E-state index >= 15 is 0 Å². The summed E-state index contributed by atoms with van der Waals surface area (Å²) < 4.78 is 24.0. The Balaban J connectivity index is 1.46. The van der Waals surface area contributed by atoms with Gasteiger partial charge in [-0.25, -0.2) is 0 Å². The van der Waals surface area contributed by atoms with Gasteiger partial charge in [-0.2, -0.15) is 0 Å². The van der Waals surface area contributed by atoms with Crippen LogP contribution in [0.5, 0.6) is 0 Å². The molecule has 0 amide bonds. The van der Waals surface area contributed by atoms with E-state index < -0.39 is 42.1 Å². The number of rotatable bonds is 7. The predicted octanol–water partition coefficient (Wildman–Crippen LogP) is 3.59. The second-order valence-corrected chi connectivity index (χ2v) is 9.22. The highest BCUT2D eigenvalue weighted by Crippen LogP contribution is 2.42. The van der Waals surface area contributed by atoms with Crippen molar-refractivity contribution in [1.29, 1.82) is 0 Å². The maximum Gasteiger partial charge on any atom is 0.190 e. The smallest absolute Gasteiger partial charge is 0.190 e. The quantitative estimate of drug-likeness (QED) is 0.523. The molecular weight excluding hydrogens is 432 g/mol. The molecule has 0 bridgehead atoms. The number of hydrogen-bond donors (Lipinski definition) is 2. The van der Waals surface area contributed by atoms with E-state index in [2.05, 4.69) is 0 Å². The van der Waals surface area contributed by atoms with E-state index in [-0.39, 0.29) is 6.61 Å². The summed E-state index contributed by atoms with van der Waals surface area (Å²) in [4.78, 5) is 0. The van der Waals surface area contributed by atoms with Gasteiger partial charge in [0.15, 0.2) is 12.1 Å². The van der Waals surface area contributed by atoms with Crippen LogP contribution in [0.2, 0.25) is 0 Å². The average molecular weight is 463 g/mol. The van der Waals surface area contributed by atoms with E-state index in [0.717, 1.165) is 16.7 Å². The number of hydrogen-bond acceptors (Lipinski definition) is 6. The highest BCUT2D eigenvalue weighted by Gasteiger charge is 2.56. The van der Waals surface area contributed by atoms with Gasteiger partial charge < -0.3 is 29.2 Å². The van der Waals surface area contributed by atoms with Crippen LogP contribution in [0.1, 0.15) is 30.5 Å². The molecule has 3 aromatic rings. The van der Waals surface area contributed by atoms with E-state index in [9.17, 15) is 10.2 Å². The lowest BCUT2D eigenvalue weighted by atomic mass is 9.80. The van der Waals surface area contributed by atoms with E-state index in [0.29, 0.717) is 0 Å². The first-order valence-electron chi connectivity index (χ1n) is 11.6. The zero-order chi connectivity index (χ0) is 23.8. The van der Waals surface area contributed by atoms with Gasteiger partial charge in [-0.3, -0.25) is 0 Å². The van der Waals surface area contributed by atoms with Crippen LogP contribution in [-0.2, 0) is 24.5 Å².